The van der Waals surface area contributed by atoms with Gasteiger partial charge in [-0.05, 0) is 18.6 Å². The van der Waals surface area contributed by atoms with Gasteiger partial charge in [0.05, 0.1) is 6.54 Å². The summed E-state index contributed by atoms with van der Waals surface area (Å²) >= 11 is 0. The number of methoxy groups -OCH3 is 1. The third-order valence-corrected chi connectivity index (χ3v) is 4.05. The fourth-order valence-electron chi connectivity index (χ4n) is 2.77. The zero-order valence-electron chi connectivity index (χ0n) is 12.6. The van der Waals surface area contributed by atoms with Crippen LogP contribution in [0.4, 0.5) is 4.39 Å². The first-order chi connectivity index (χ1) is 10.7. The maximum absolute atomic E-state index is 13.2. The van der Waals surface area contributed by atoms with Crippen LogP contribution in [0.3, 0.4) is 0 Å². The zero-order valence-corrected chi connectivity index (χ0v) is 12.6. The van der Waals surface area contributed by atoms with Crippen molar-refractivity contribution in [2.24, 2.45) is 0 Å². The van der Waals surface area contributed by atoms with Crippen LogP contribution < -0.4 is 4.74 Å². The summed E-state index contributed by atoms with van der Waals surface area (Å²) < 4.78 is 24.6. The summed E-state index contributed by atoms with van der Waals surface area (Å²) in [6.45, 7) is 2.85. The van der Waals surface area contributed by atoms with Crippen molar-refractivity contribution in [1.29, 1.82) is 0 Å². The minimum absolute atomic E-state index is 0.296. The predicted molar refractivity (Wildman–Crippen MR) is 80.1 cm³/mol. The second kappa shape index (κ2) is 6.46. The Morgan fingerprint density at radius 3 is 3.09 bits per heavy atom. The van der Waals surface area contributed by atoms with Gasteiger partial charge in [-0.25, -0.2) is 9.37 Å². The van der Waals surface area contributed by atoms with E-state index in [9.17, 15) is 4.39 Å². The molecule has 2 heterocycles. The second-order valence-corrected chi connectivity index (χ2v) is 5.63. The van der Waals surface area contributed by atoms with Crippen molar-refractivity contribution in [3.8, 4) is 5.75 Å². The van der Waals surface area contributed by atoms with E-state index in [0.29, 0.717) is 12.4 Å². The van der Waals surface area contributed by atoms with Crippen molar-refractivity contribution in [1.82, 2.24) is 14.9 Å². The van der Waals surface area contributed by atoms with Crippen LogP contribution in [-0.2, 0) is 11.3 Å². The number of aromatic amines is 1. The van der Waals surface area contributed by atoms with Gasteiger partial charge in [-0.2, -0.15) is 0 Å². The van der Waals surface area contributed by atoms with Crippen molar-refractivity contribution in [3.63, 3.8) is 0 Å². The molecule has 22 heavy (non-hydrogen) atoms. The Hall–Kier alpha value is -1.92. The molecule has 0 radical (unpaired) electrons. The minimum Gasteiger partial charge on any atom is -0.490 e. The molecule has 6 heteroatoms. The second-order valence-electron chi connectivity index (χ2n) is 5.63. The molecule has 1 aliphatic rings. The van der Waals surface area contributed by atoms with Crippen molar-refractivity contribution in [2.75, 3.05) is 26.8 Å². The van der Waals surface area contributed by atoms with Gasteiger partial charge in [-0.3, -0.25) is 4.90 Å². The number of rotatable bonds is 6. The van der Waals surface area contributed by atoms with E-state index in [-0.39, 0.29) is 11.4 Å². The average molecular weight is 305 g/mol. The predicted octanol–water partition coefficient (Wildman–Crippen LogP) is 2.22. The van der Waals surface area contributed by atoms with E-state index in [1.807, 2.05) is 6.20 Å². The number of nitrogens with zero attached hydrogens (tertiary/aromatic N) is 2. The van der Waals surface area contributed by atoms with Crippen molar-refractivity contribution >= 4 is 0 Å². The van der Waals surface area contributed by atoms with E-state index < -0.39 is 0 Å². The third-order valence-electron chi connectivity index (χ3n) is 4.05. The van der Waals surface area contributed by atoms with Crippen molar-refractivity contribution < 1.29 is 13.9 Å². The number of nitrogens with one attached hydrogen (secondary N) is 1. The largest absolute Gasteiger partial charge is 0.490 e. The first kappa shape index (κ1) is 15.0. The zero-order chi connectivity index (χ0) is 15.4. The summed E-state index contributed by atoms with van der Waals surface area (Å²) in [5.74, 6) is 1.17. The van der Waals surface area contributed by atoms with Gasteiger partial charge in [0, 0.05) is 38.7 Å². The number of ether oxygens (including phenoxy) is 2. The SMILES string of the molecule is COC1(COc2cccc(F)c2)CCN(Cc2ncc[nH]2)C1. The van der Waals surface area contributed by atoms with E-state index in [1.54, 1.807) is 25.4 Å². The molecule has 5 nitrogen and oxygen atoms in total. The summed E-state index contributed by atoms with van der Waals surface area (Å²) in [4.78, 5) is 9.63. The molecule has 0 spiro atoms. The Bertz CT molecular complexity index is 605. The standard InChI is InChI=1S/C16H20FN3O2/c1-21-16(12-22-14-4-2-3-13(17)9-14)5-8-20(11-16)10-15-18-6-7-19-15/h2-4,6-7,9H,5,8,10-12H2,1H3,(H,18,19). The van der Waals surface area contributed by atoms with Gasteiger partial charge in [0.2, 0.25) is 0 Å². The smallest absolute Gasteiger partial charge is 0.126 e. The van der Waals surface area contributed by atoms with E-state index in [1.165, 1.54) is 12.1 Å². The molecule has 0 saturated carbocycles. The molecule has 0 bridgehead atoms. The number of halogens is 1. The van der Waals surface area contributed by atoms with Crippen LogP contribution in [0.1, 0.15) is 12.2 Å². The molecule has 1 atom stereocenters. The molecule has 0 amide bonds. The Morgan fingerprint density at radius 1 is 1.45 bits per heavy atom. The highest BCUT2D eigenvalue weighted by molar-refractivity contribution is 5.22. The van der Waals surface area contributed by atoms with Gasteiger partial charge in [-0.1, -0.05) is 6.07 Å². The summed E-state index contributed by atoms with van der Waals surface area (Å²) in [7, 11) is 1.70. The first-order valence-corrected chi connectivity index (χ1v) is 7.33. The van der Waals surface area contributed by atoms with Crippen LogP contribution in [0.5, 0.6) is 5.75 Å². The number of hydrogen-bond donors (Lipinski definition) is 1. The molecule has 1 N–H and O–H groups in total. The fraction of sp³-hybridized carbons (Fsp3) is 0.438. The van der Waals surface area contributed by atoms with Crippen molar-refractivity contribution in [2.45, 2.75) is 18.6 Å². The lowest BCUT2D eigenvalue weighted by molar-refractivity contribution is -0.0361. The van der Waals surface area contributed by atoms with Gasteiger partial charge < -0.3 is 14.5 Å². The topological polar surface area (TPSA) is 50.4 Å². The Labute approximate surface area is 129 Å². The molecule has 0 aliphatic carbocycles. The number of aromatic nitrogens is 2. The van der Waals surface area contributed by atoms with Crippen LogP contribution in [0.2, 0.25) is 0 Å². The molecule has 3 rings (SSSR count). The summed E-state index contributed by atoms with van der Waals surface area (Å²) in [6, 6.07) is 6.18. The molecule has 1 aromatic carbocycles. The molecule has 1 saturated heterocycles. The van der Waals surface area contributed by atoms with E-state index in [0.717, 1.165) is 31.9 Å². The van der Waals surface area contributed by atoms with Crippen LogP contribution in [-0.4, -0.2) is 47.3 Å². The third kappa shape index (κ3) is 3.45. The Morgan fingerprint density at radius 2 is 2.36 bits per heavy atom. The van der Waals surface area contributed by atoms with Gasteiger partial charge in [0.1, 0.15) is 29.6 Å². The lowest BCUT2D eigenvalue weighted by Crippen LogP contribution is -2.41. The summed E-state index contributed by atoms with van der Waals surface area (Å²) in [5, 5.41) is 0. The number of imidazole rings is 1. The summed E-state index contributed by atoms with van der Waals surface area (Å²) in [6.07, 6.45) is 4.45. The molecular formula is C16H20FN3O2. The number of likely N-dealkylation sites (tertiary alicyclic amines) is 1. The molecule has 1 unspecified atom stereocenters. The first-order valence-electron chi connectivity index (χ1n) is 7.33. The highest BCUT2D eigenvalue weighted by Crippen LogP contribution is 2.27. The van der Waals surface area contributed by atoms with Crippen LogP contribution >= 0.6 is 0 Å². The van der Waals surface area contributed by atoms with Crippen LogP contribution in [0.15, 0.2) is 36.7 Å². The maximum atomic E-state index is 13.2. The number of hydrogen-bond acceptors (Lipinski definition) is 4. The Balaban J connectivity index is 1.58. The number of benzene rings is 1. The Kier molecular flexibility index (Phi) is 4.40. The molecular weight excluding hydrogens is 285 g/mol. The highest BCUT2D eigenvalue weighted by atomic mass is 19.1. The van der Waals surface area contributed by atoms with E-state index in [4.69, 9.17) is 9.47 Å². The van der Waals surface area contributed by atoms with Gasteiger partial charge >= 0.3 is 0 Å². The van der Waals surface area contributed by atoms with E-state index >= 15 is 0 Å². The average Bonchev–Trinajstić information content (AvgIpc) is 3.16. The van der Waals surface area contributed by atoms with Crippen molar-refractivity contribution in [3.05, 3.63) is 48.3 Å². The molecule has 1 aromatic heterocycles. The fourth-order valence-corrected chi connectivity index (χ4v) is 2.77. The lowest BCUT2D eigenvalue weighted by Gasteiger charge is -2.28. The highest BCUT2D eigenvalue weighted by Gasteiger charge is 2.39. The molecule has 1 aliphatic heterocycles. The maximum Gasteiger partial charge on any atom is 0.126 e. The van der Waals surface area contributed by atoms with E-state index in [2.05, 4.69) is 14.9 Å². The summed E-state index contributed by atoms with van der Waals surface area (Å²) in [5.41, 5.74) is -0.362. The van der Waals surface area contributed by atoms with Gasteiger partial charge in [0.25, 0.3) is 0 Å². The quantitative estimate of drug-likeness (QED) is 0.889. The van der Waals surface area contributed by atoms with Crippen LogP contribution in [0, 0.1) is 5.82 Å². The molecule has 2 aromatic rings. The van der Waals surface area contributed by atoms with Gasteiger partial charge in [0.15, 0.2) is 0 Å². The van der Waals surface area contributed by atoms with Crippen LogP contribution in [0.25, 0.3) is 0 Å². The monoisotopic (exact) mass is 305 g/mol. The normalized spacial score (nSPS) is 22.1. The molecule has 1 fully saturated rings. The minimum atomic E-state index is -0.362. The lowest BCUT2D eigenvalue weighted by atomic mass is 10.0. The molecule has 118 valence electrons. The number of H-pyrrole nitrogens is 1. The van der Waals surface area contributed by atoms with Gasteiger partial charge in [-0.15, -0.1) is 0 Å².